The second kappa shape index (κ2) is 6.51. The van der Waals surface area contributed by atoms with Crippen molar-refractivity contribution in [3.8, 4) is 0 Å². The number of fused-ring (bicyclic) bond motifs is 1. The fraction of sp³-hybridized carbons (Fsp3) is 0.562. The Balaban J connectivity index is 1.43. The van der Waals surface area contributed by atoms with Gasteiger partial charge in [0.25, 0.3) is 0 Å². The van der Waals surface area contributed by atoms with Crippen LogP contribution in [0.5, 0.6) is 0 Å². The lowest BCUT2D eigenvalue weighted by molar-refractivity contribution is -0.0771. The summed E-state index contributed by atoms with van der Waals surface area (Å²) < 4.78 is 12.2. The highest BCUT2D eigenvalue weighted by atomic mass is 32.1. The number of pyridine rings is 1. The van der Waals surface area contributed by atoms with Gasteiger partial charge >= 0.3 is 0 Å². The first kappa shape index (κ1) is 15.0. The Labute approximate surface area is 139 Å². The van der Waals surface area contributed by atoms with Gasteiger partial charge in [-0.25, -0.2) is 0 Å². The van der Waals surface area contributed by atoms with Crippen LogP contribution < -0.4 is 4.90 Å². The van der Waals surface area contributed by atoms with E-state index in [9.17, 15) is 0 Å². The minimum absolute atomic E-state index is 0.115. The minimum Gasteiger partial charge on any atom is -0.372 e. The van der Waals surface area contributed by atoms with Crippen LogP contribution >= 0.6 is 11.3 Å². The first-order valence-corrected chi connectivity index (χ1v) is 8.82. The van der Waals surface area contributed by atoms with Gasteiger partial charge in [0.2, 0.25) is 5.13 Å². The van der Waals surface area contributed by atoms with Crippen LogP contribution in [0.2, 0.25) is 0 Å². The minimum atomic E-state index is 0.115. The number of anilines is 1. The summed E-state index contributed by atoms with van der Waals surface area (Å²) in [4.78, 5) is 6.49. The zero-order valence-corrected chi connectivity index (χ0v) is 13.9. The molecule has 1 aliphatic carbocycles. The molecule has 6 nitrogen and oxygen atoms in total. The van der Waals surface area contributed by atoms with E-state index in [1.54, 1.807) is 17.5 Å². The predicted molar refractivity (Wildman–Crippen MR) is 87.6 cm³/mol. The Morgan fingerprint density at radius 1 is 1.39 bits per heavy atom. The molecule has 2 aliphatic rings. The van der Waals surface area contributed by atoms with Crippen LogP contribution in [0.1, 0.15) is 23.4 Å². The van der Waals surface area contributed by atoms with Gasteiger partial charge in [0, 0.05) is 18.9 Å². The second-order valence-corrected chi connectivity index (χ2v) is 7.15. The number of aromatic nitrogens is 3. The molecule has 2 aromatic heterocycles. The van der Waals surface area contributed by atoms with Crippen molar-refractivity contribution >= 4 is 16.5 Å². The van der Waals surface area contributed by atoms with Gasteiger partial charge in [0.1, 0.15) is 11.1 Å². The predicted octanol–water partition coefficient (Wildman–Crippen LogP) is 2.19. The summed E-state index contributed by atoms with van der Waals surface area (Å²) in [5.41, 5.74) is 1.10. The van der Waals surface area contributed by atoms with Crippen LogP contribution in [0.3, 0.4) is 0 Å². The van der Waals surface area contributed by atoms with E-state index in [4.69, 9.17) is 9.47 Å². The number of morpholine rings is 1. The molecule has 23 heavy (non-hydrogen) atoms. The van der Waals surface area contributed by atoms with E-state index in [2.05, 4.69) is 20.1 Å². The Morgan fingerprint density at radius 2 is 2.35 bits per heavy atom. The molecule has 0 bridgehead atoms. The summed E-state index contributed by atoms with van der Waals surface area (Å²) in [5.74, 6) is 0. The van der Waals surface area contributed by atoms with Gasteiger partial charge in [-0.15, -0.1) is 10.2 Å². The van der Waals surface area contributed by atoms with E-state index in [0.29, 0.717) is 19.3 Å². The van der Waals surface area contributed by atoms with Gasteiger partial charge in [0.15, 0.2) is 0 Å². The standard InChI is InChI=1S/C16H20N4O2S/c1-11-18-19-16(23-11)20-7-8-21-15-13(20)4-5-14(15)22-10-12-3-2-6-17-9-12/h2-3,6,9,13-15H,4-5,7-8,10H2,1H3/t13-,14-,15+/m0/s1. The maximum absolute atomic E-state index is 6.12. The number of rotatable bonds is 4. The summed E-state index contributed by atoms with van der Waals surface area (Å²) in [6.45, 7) is 4.17. The highest BCUT2D eigenvalue weighted by molar-refractivity contribution is 7.15. The molecule has 7 heteroatoms. The van der Waals surface area contributed by atoms with E-state index >= 15 is 0 Å². The van der Waals surface area contributed by atoms with Crippen molar-refractivity contribution in [1.29, 1.82) is 0 Å². The zero-order valence-electron chi connectivity index (χ0n) is 13.1. The monoisotopic (exact) mass is 332 g/mol. The summed E-state index contributed by atoms with van der Waals surface area (Å²) >= 11 is 1.65. The third kappa shape index (κ3) is 3.08. The molecule has 0 radical (unpaired) electrons. The van der Waals surface area contributed by atoms with Gasteiger partial charge in [-0.2, -0.15) is 0 Å². The van der Waals surface area contributed by atoms with Crippen molar-refractivity contribution in [2.45, 2.75) is 44.6 Å². The molecule has 0 amide bonds. The Kier molecular flexibility index (Phi) is 4.24. The third-order valence-corrected chi connectivity index (χ3v) is 5.36. The number of hydrogen-bond donors (Lipinski definition) is 0. The average Bonchev–Trinajstić information content (AvgIpc) is 3.20. The SMILES string of the molecule is Cc1nnc(N2CCO[C@H]3[C@@H](OCc4cccnc4)CC[C@@H]32)s1. The van der Waals surface area contributed by atoms with E-state index in [-0.39, 0.29) is 12.2 Å². The van der Waals surface area contributed by atoms with E-state index in [1.807, 2.05) is 25.3 Å². The van der Waals surface area contributed by atoms with Crippen LogP contribution in [0.25, 0.3) is 0 Å². The molecule has 0 unspecified atom stereocenters. The lowest BCUT2D eigenvalue weighted by atomic mass is 10.1. The molecule has 1 aliphatic heterocycles. The number of hydrogen-bond acceptors (Lipinski definition) is 7. The van der Waals surface area contributed by atoms with Crippen molar-refractivity contribution in [3.63, 3.8) is 0 Å². The summed E-state index contributed by atoms with van der Waals surface area (Å²) in [7, 11) is 0. The Hall–Kier alpha value is -1.57. The molecule has 0 aromatic carbocycles. The summed E-state index contributed by atoms with van der Waals surface area (Å²) in [6, 6.07) is 4.32. The molecule has 3 atom stereocenters. The second-order valence-electron chi connectivity index (χ2n) is 5.99. The molecule has 0 spiro atoms. The number of nitrogens with zero attached hydrogens (tertiary/aromatic N) is 4. The first-order valence-electron chi connectivity index (χ1n) is 8.00. The van der Waals surface area contributed by atoms with Crippen LogP contribution in [-0.4, -0.2) is 46.6 Å². The maximum Gasteiger partial charge on any atom is 0.208 e. The Bertz CT molecular complexity index is 651. The molecular formula is C16H20N4O2S. The molecule has 3 heterocycles. The first-order chi connectivity index (χ1) is 11.3. The molecule has 1 saturated heterocycles. The number of aryl methyl sites for hydroxylation is 1. The largest absolute Gasteiger partial charge is 0.372 e. The van der Waals surface area contributed by atoms with E-state index < -0.39 is 0 Å². The molecule has 122 valence electrons. The molecule has 1 saturated carbocycles. The normalized spacial score (nSPS) is 27.2. The Morgan fingerprint density at radius 3 is 3.13 bits per heavy atom. The van der Waals surface area contributed by atoms with Gasteiger partial charge in [0.05, 0.1) is 25.4 Å². The number of ether oxygens (including phenoxy) is 2. The van der Waals surface area contributed by atoms with Gasteiger partial charge < -0.3 is 14.4 Å². The fourth-order valence-corrected chi connectivity index (χ4v) is 4.19. The zero-order chi connectivity index (χ0) is 15.6. The lowest BCUT2D eigenvalue weighted by Crippen LogP contribution is -2.51. The van der Waals surface area contributed by atoms with Crippen LogP contribution in [0, 0.1) is 6.92 Å². The van der Waals surface area contributed by atoms with Crippen molar-refractivity contribution in [1.82, 2.24) is 15.2 Å². The van der Waals surface area contributed by atoms with E-state index in [0.717, 1.165) is 35.1 Å². The highest BCUT2D eigenvalue weighted by Crippen LogP contribution is 2.36. The third-order valence-electron chi connectivity index (χ3n) is 4.48. The van der Waals surface area contributed by atoms with Crippen molar-refractivity contribution in [3.05, 3.63) is 35.1 Å². The van der Waals surface area contributed by atoms with Crippen molar-refractivity contribution < 1.29 is 9.47 Å². The lowest BCUT2D eigenvalue weighted by Gasteiger charge is -2.38. The summed E-state index contributed by atoms with van der Waals surface area (Å²) in [5, 5.41) is 10.5. The van der Waals surface area contributed by atoms with Crippen LogP contribution in [0.4, 0.5) is 5.13 Å². The fourth-order valence-electron chi connectivity index (χ4n) is 3.42. The topological polar surface area (TPSA) is 60.4 Å². The van der Waals surface area contributed by atoms with Crippen molar-refractivity contribution in [2.75, 3.05) is 18.1 Å². The maximum atomic E-state index is 6.12. The van der Waals surface area contributed by atoms with Crippen LogP contribution in [0.15, 0.2) is 24.5 Å². The highest BCUT2D eigenvalue weighted by Gasteiger charge is 2.44. The quantitative estimate of drug-likeness (QED) is 0.855. The van der Waals surface area contributed by atoms with Gasteiger partial charge in [-0.05, 0) is 31.4 Å². The molecule has 2 fully saturated rings. The smallest absolute Gasteiger partial charge is 0.208 e. The molecule has 0 N–H and O–H groups in total. The van der Waals surface area contributed by atoms with Gasteiger partial charge in [-0.3, -0.25) is 4.98 Å². The average molecular weight is 332 g/mol. The molecular weight excluding hydrogens is 312 g/mol. The van der Waals surface area contributed by atoms with Crippen molar-refractivity contribution in [2.24, 2.45) is 0 Å². The summed E-state index contributed by atoms with van der Waals surface area (Å²) in [6.07, 6.45) is 5.97. The van der Waals surface area contributed by atoms with Crippen LogP contribution in [-0.2, 0) is 16.1 Å². The molecule has 2 aromatic rings. The van der Waals surface area contributed by atoms with E-state index in [1.165, 1.54) is 0 Å². The molecule has 4 rings (SSSR count). The van der Waals surface area contributed by atoms with Gasteiger partial charge in [-0.1, -0.05) is 17.4 Å².